The number of fused-ring (bicyclic) bond motifs is 1. The molecule has 0 aromatic heterocycles. The van der Waals surface area contributed by atoms with Gasteiger partial charge in [0.15, 0.2) is 0 Å². The summed E-state index contributed by atoms with van der Waals surface area (Å²) in [6.07, 6.45) is 8.34. The van der Waals surface area contributed by atoms with Gasteiger partial charge < -0.3 is 14.6 Å². The van der Waals surface area contributed by atoms with Gasteiger partial charge in [-0.3, -0.25) is 4.79 Å². The van der Waals surface area contributed by atoms with Crippen LogP contribution in [0.25, 0.3) is 0 Å². The number of hydrogen-bond donors (Lipinski definition) is 0. The summed E-state index contributed by atoms with van der Waals surface area (Å²) in [6.45, 7) is 0.531. The molecule has 26 heavy (non-hydrogen) atoms. The van der Waals surface area contributed by atoms with E-state index in [0.29, 0.717) is 25.2 Å². The highest BCUT2D eigenvalue weighted by Gasteiger charge is 2.36. The minimum absolute atomic E-state index is 0.0294. The molecule has 1 aromatic carbocycles. The van der Waals surface area contributed by atoms with Crippen LogP contribution in [0.1, 0.15) is 56.9 Å². The second-order valence-electron chi connectivity index (χ2n) is 7.47. The van der Waals surface area contributed by atoms with E-state index in [1.54, 1.807) is 7.11 Å². The first-order chi connectivity index (χ1) is 12.7. The number of rotatable bonds is 4. The van der Waals surface area contributed by atoms with Gasteiger partial charge in [-0.2, -0.15) is 0 Å². The second-order valence-corrected chi connectivity index (χ2v) is 7.47. The largest absolute Gasteiger partial charge is 0.875 e. The summed E-state index contributed by atoms with van der Waals surface area (Å²) >= 11 is 0. The summed E-state index contributed by atoms with van der Waals surface area (Å²) in [6, 6.07) is 7.87. The van der Waals surface area contributed by atoms with Gasteiger partial charge in [-0.25, -0.2) is 0 Å². The lowest BCUT2D eigenvalue weighted by Gasteiger charge is -2.29. The summed E-state index contributed by atoms with van der Waals surface area (Å²) in [7, 11) is 1.65. The van der Waals surface area contributed by atoms with E-state index in [0.717, 1.165) is 49.8 Å². The van der Waals surface area contributed by atoms with Crippen molar-refractivity contribution in [2.75, 3.05) is 7.11 Å². The van der Waals surface area contributed by atoms with Crippen LogP contribution < -0.4 is 9.84 Å². The fourth-order valence-electron chi connectivity index (χ4n) is 4.22. The minimum atomic E-state index is 0.0294. The first-order valence-electron chi connectivity index (χ1n) is 9.80. The number of ether oxygens (including phenoxy) is 2. The highest BCUT2D eigenvalue weighted by atomic mass is 16.5. The molecule has 0 saturated heterocycles. The number of ketones is 1. The quantitative estimate of drug-likeness (QED) is 0.823. The Bertz CT molecular complexity index is 620. The van der Waals surface area contributed by atoms with E-state index in [1.165, 1.54) is 0 Å². The van der Waals surface area contributed by atoms with Crippen molar-refractivity contribution in [3.8, 4) is 5.75 Å². The molecule has 2 aliphatic carbocycles. The average molecular weight is 357 g/mol. The van der Waals surface area contributed by atoms with E-state index < -0.39 is 0 Å². The van der Waals surface area contributed by atoms with Gasteiger partial charge in [0.2, 0.25) is 0 Å². The maximum Gasteiger partial charge on any atom is 0.132 e. The van der Waals surface area contributed by atoms with Gasteiger partial charge in [0, 0.05) is 12.8 Å². The van der Waals surface area contributed by atoms with E-state index >= 15 is 0 Å². The average Bonchev–Trinajstić information content (AvgIpc) is 3.06. The third-order valence-corrected chi connectivity index (χ3v) is 5.76. The second kappa shape index (κ2) is 9.22. The summed E-state index contributed by atoms with van der Waals surface area (Å²) < 4.78 is 11.4. The number of carbonyl (C=O) groups is 1. The molecular weight excluding hydrogens is 328 g/mol. The first kappa shape index (κ1) is 19.0. The molecule has 142 valence electrons. The lowest BCUT2D eigenvalue weighted by atomic mass is 9.87. The van der Waals surface area contributed by atoms with Gasteiger partial charge in [-0.15, -0.1) is 5.76 Å². The van der Waals surface area contributed by atoms with Crippen LogP contribution in [0.3, 0.4) is 0 Å². The number of benzene rings is 1. The van der Waals surface area contributed by atoms with Crippen LogP contribution in [-0.4, -0.2) is 19.0 Å². The maximum atomic E-state index is 12.6. The molecule has 4 heteroatoms. The van der Waals surface area contributed by atoms with Crippen LogP contribution in [0.2, 0.25) is 0 Å². The van der Waals surface area contributed by atoms with Crippen molar-refractivity contribution in [3.05, 3.63) is 41.7 Å². The molecule has 3 rings (SSSR count). The van der Waals surface area contributed by atoms with Crippen molar-refractivity contribution in [3.63, 3.8) is 0 Å². The van der Waals surface area contributed by atoms with Crippen LogP contribution in [0, 0.1) is 11.8 Å². The molecule has 0 spiro atoms. The topological polar surface area (TPSA) is 58.6 Å². The molecule has 1 aromatic rings. The third kappa shape index (κ3) is 4.88. The molecule has 0 N–H and O–H groups in total. The van der Waals surface area contributed by atoms with Crippen LogP contribution in [0.4, 0.5) is 0 Å². The van der Waals surface area contributed by atoms with Crippen molar-refractivity contribution in [2.24, 2.45) is 11.8 Å². The Morgan fingerprint density at radius 1 is 1.08 bits per heavy atom. The standard InChI is InChI=1S/C22H30O4/c1-25-18-10-7-16(8-11-18)15-26-22-14-13-19-20(22)12-9-17(23)5-3-2-4-6-21(19)24/h6-8,10-11,19-20,22,24H,2-5,9,12-15H2,1H3/p-1/b21-6-/t19-,20-,22+/m1/s1. The van der Waals surface area contributed by atoms with Crippen molar-refractivity contribution in [2.45, 2.75) is 64.1 Å². The monoisotopic (exact) mass is 357 g/mol. The number of carbonyl (C=O) groups excluding carboxylic acids is 1. The molecule has 0 radical (unpaired) electrons. The van der Waals surface area contributed by atoms with Crippen LogP contribution >= 0.6 is 0 Å². The zero-order valence-corrected chi connectivity index (χ0v) is 15.6. The Morgan fingerprint density at radius 3 is 2.65 bits per heavy atom. The zero-order valence-electron chi connectivity index (χ0n) is 15.6. The van der Waals surface area contributed by atoms with Gasteiger partial charge in [-0.1, -0.05) is 18.2 Å². The fourth-order valence-corrected chi connectivity index (χ4v) is 4.22. The molecule has 2 aliphatic rings. The highest BCUT2D eigenvalue weighted by molar-refractivity contribution is 5.78. The zero-order chi connectivity index (χ0) is 18.4. The Kier molecular flexibility index (Phi) is 6.73. The molecule has 4 nitrogen and oxygen atoms in total. The Balaban J connectivity index is 1.65. The summed E-state index contributed by atoms with van der Waals surface area (Å²) in [5.74, 6) is 1.62. The van der Waals surface area contributed by atoms with Crippen molar-refractivity contribution in [1.29, 1.82) is 0 Å². The molecular formula is C22H29O4-. The van der Waals surface area contributed by atoms with Gasteiger partial charge in [0.1, 0.15) is 11.5 Å². The molecule has 0 bridgehead atoms. The SMILES string of the molecule is COc1ccc(CO[C@H]2CC[C@H]3/C([O-])=C/CCCCC(=O)CC[C@@H]23)cc1. The van der Waals surface area contributed by atoms with Crippen molar-refractivity contribution < 1.29 is 19.4 Å². The predicted molar refractivity (Wildman–Crippen MR) is 98.6 cm³/mol. The Hall–Kier alpha value is -1.81. The van der Waals surface area contributed by atoms with Crippen LogP contribution in [0.15, 0.2) is 36.1 Å². The lowest BCUT2D eigenvalue weighted by molar-refractivity contribution is -0.318. The van der Waals surface area contributed by atoms with Crippen molar-refractivity contribution >= 4 is 5.78 Å². The molecule has 0 aliphatic heterocycles. The van der Waals surface area contributed by atoms with Gasteiger partial charge in [-0.05, 0) is 68.1 Å². The number of Topliss-reactive ketones (excluding diaryl/α,β-unsaturated/α-hetero) is 1. The van der Waals surface area contributed by atoms with Gasteiger partial charge >= 0.3 is 0 Å². The summed E-state index contributed by atoms with van der Waals surface area (Å²) in [5, 5.41) is 12.6. The minimum Gasteiger partial charge on any atom is -0.875 e. The molecule has 1 saturated carbocycles. The summed E-state index contributed by atoms with van der Waals surface area (Å²) in [4.78, 5) is 12.1. The summed E-state index contributed by atoms with van der Waals surface area (Å²) in [5.41, 5.74) is 1.10. The number of methoxy groups -OCH3 is 1. The van der Waals surface area contributed by atoms with E-state index in [4.69, 9.17) is 9.47 Å². The fraction of sp³-hybridized carbons (Fsp3) is 0.591. The Morgan fingerprint density at radius 2 is 1.88 bits per heavy atom. The molecule has 1 fully saturated rings. The number of hydrogen-bond acceptors (Lipinski definition) is 4. The van der Waals surface area contributed by atoms with E-state index in [-0.39, 0.29) is 23.7 Å². The third-order valence-electron chi connectivity index (χ3n) is 5.76. The van der Waals surface area contributed by atoms with Crippen LogP contribution in [-0.2, 0) is 16.1 Å². The maximum absolute atomic E-state index is 12.6. The first-order valence-corrected chi connectivity index (χ1v) is 9.80. The van der Waals surface area contributed by atoms with Crippen LogP contribution in [0.5, 0.6) is 5.75 Å². The molecule has 3 atom stereocenters. The molecule has 0 heterocycles. The molecule has 0 amide bonds. The van der Waals surface area contributed by atoms with E-state index in [1.807, 2.05) is 30.3 Å². The molecule has 0 unspecified atom stereocenters. The van der Waals surface area contributed by atoms with Gasteiger partial charge in [0.25, 0.3) is 0 Å². The smallest absolute Gasteiger partial charge is 0.132 e. The van der Waals surface area contributed by atoms with Gasteiger partial charge in [0.05, 0.1) is 19.8 Å². The Labute approximate surface area is 156 Å². The normalized spacial score (nSPS) is 29.3. The number of allylic oxidation sites excluding steroid dienone is 2. The van der Waals surface area contributed by atoms with E-state index in [2.05, 4.69) is 0 Å². The highest BCUT2D eigenvalue weighted by Crippen LogP contribution is 2.41. The van der Waals surface area contributed by atoms with E-state index in [9.17, 15) is 9.90 Å². The van der Waals surface area contributed by atoms with Crippen molar-refractivity contribution in [1.82, 2.24) is 0 Å². The lowest BCUT2D eigenvalue weighted by Crippen LogP contribution is -2.27. The predicted octanol–water partition coefficient (Wildman–Crippen LogP) is 3.77.